The van der Waals surface area contributed by atoms with E-state index in [-0.39, 0.29) is 30.8 Å². The van der Waals surface area contributed by atoms with Crippen molar-refractivity contribution in [2.75, 3.05) is 63.1 Å². The number of carbonyl (C=O) groups is 2. The van der Waals surface area contributed by atoms with Crippen molar-refractivity contribution < 1.29 is 27.2 Å². The minimum absolute atomic E-state index is 0.206. The summed E-state index contributed by atoms with van der Waals surface area (Å²) in [6.45, 7) is 2.57. The smallest absolute Gasteiger partial charge is 0.321 e. The number of hydrogen-bond acceptors (Lipinski definition) is 6. The van der Waals surface area contributed by atoms with Crippen LogP contribution >= 0.6 is 0 Å². The fourth-order valence-electron chi connectivity index (χ4n) is 3.50. The molecule has 3 heterocycles. The van der Waals surface area contributed by atoms with Gasteiger partial charge in [0.2, 0.25) is 0 Å². The van der Waals surface area contributed by atoms with Crippen molar-refractivity contribution in [3.8, 4) is 0 Å². The quantitative estimate of drug-likeness (QED) is 0.688. The highest BCUT2D eigenvalue weighted by Crippen LogP contribution is 2.17. The summed E-state index contributed by atoms with van der Waals surface area (Å²) in [6, 6.07) is 9.58. The molecule has 0 spiro atoms. The molecule has 12 heteroatoms. The first-order valence-corrected chi connectivity index (χ1v) is 11.7. The highest BCUT2D eigenvalue weighted by Gasteiger charge is 2.34. The SMILES string of the molecule is O=C(Nc1ccc(NC(=O)N2CCN(S(=O)(=O)N3CCOCC3)CC2)cc1)c1ccco1. The van der Waals surface area contributed by atoms with Crippen molar-refractivity contribution in [3.05, 3.63) is 48.4 Å². The summed E-state index contributed by atoms with van der Waals surface area (Å²) in [5.41, 5.74) is 1.13. The summed E-state index contributed by atoms with van der Waals surface area (Å²) < 4.78 is 38.6. The molecule has 2 saturated heterocycles. The zero-order valence-electron chi connectivity index (χ0n) is 17.4. The maximum atomic E-state index is 12.7. The van der Waals surface area contributed by atoms with Crippen LogP contribution in [-0.4, -0.2) is 86.3 Å². The van der Waals surface area contributed by atoms with Gasteiger partial charge in [-0.05, 0) is 36.4 Å². The maximum absolute atomic E-state index is 12.7. The lowest BCUT2D eigenvalue weighted by molar-refractivity contribution is 0.0691. The van der Waals surface area contributed by atoms with Gasteiger partial charge in [0.05, 0.1) is 19.5 Å². The van der Waals surface area contributed by atoms with E-state index < -0.39 is 10.2 Å². The Morgan fingerprint density at radius 2 is 1.41 bits per heavy atom. The lowest BCUT2D eigenvalue weighted by Gasteiger charge is -2.37. The number of rotatable bonds is 5. The standard InChI is InChI=1S/C20H25N5O6S/c26-19(18-2-1-13-31-18)21-16-3-5-17(6-4-16)22-20(27)23-7-9-24(10-8-23)32(28,29)25-11-14-30-15-12-25/h1-6,13H,7-12,14-15H2,(H,21,26)(H,22,27). The van der Waals surface area contributed by atoms with Gasteiger partial charge in [0, 0.05) is 50.6 Å². The van der Waals surface area contributed by atoms with E-state index in [2.05, 4.69) is 10.6 Å². The van der Waals surface area contributed by atoms with Crippen LogP contribution in [0.2, 0.25) is 0 Å². The molecule has 4 rings (SSSR count). The highest BCUT2D eigenvalue weighted by molar-refractivity contribution is 7.86. The van der Waals surface area contributed by atoms with Crippen molar-refractivity contribution in [3.63, 3.8) is 0 Å². The number of furan rings is 1. The summed E-state index contributed by atoms with van der Waals surface area (Å²) >= 11 is 0. The van der Waals surface area contributed by atoms with Crippen molar-refractivity contribution in [1.82, 2.24) is 13.5 Å². The predicted octanol–water partition coefficient (Wildman–Crippen LogP) is 1.26. The van der Waals surface area contributed by atoms with Crippen molar-refractivity contribution in [1.29, 1.82) is 0 Å². The average Bonchev–Trinajstić information content (AvgIpc) is 3.36. The third-order valence-electron chi connectivity index (χ3n) is 5.29. The second-order valence-electron chi connectivity index (χ2n) is 7.34. The Bertz CT molecular complexity index is 1030. The van der Waals surface area contributed by atoms with E-state index in [4.69, 9.17) is 9.15 Å². The Morgan fingerprint density at radius 3 is 2.00 bits per heavy atom. The van der Waals surface area contributed by atoms with E-state index in [1.165, 1.54) is 14.9 Å². The molecule has 2 fully saturated rings. The summed E-state index contributed by atoms with van der Waals surface area (Å²) in [6.07, 6.45) is 1.42. The van der Waals surface area contributed by atoms with Gasteiger partial charge in [-0.3, -0.25) is 4.79 Å². The van der Waals surface area contributed by atoms with Crippen LogP contribution in [-0.2, 0) is 14.9 Å². The molecule has 32 heavy (non-hydrogen) atoms. The number of anilines is 2. The Hall–Kier alpha value is -2.93. The zero-order chi connectivity index (χ0) is 22.6. The summed E-state index contributed by atoms with van der Waals surface area (Å²) in [4.78, 5) is 26.2. The number of benzene rings is 1. The number of nitrogens with one attached hydrogen (secondary N) is 2. The summed E-state index contributed by atoms with van der Waals surface area (Å²) in [7, 11) is -3.54. The third kappa shape index (κ3) is 5.10. The molecule has 0 aliphatic carbocycles. The normalized spacial score (nSPS) is 18.3. The number of carbonyl (C=O) groups excluding carboxylic acids is 2. The van der Waals surface area contributed by atoms with Gasteiger partial charge in [-0.15, -0.1) is 0 Å². The molecule has 11 nitrogen and oxygen atoms in total. The van der Waals surface area contributed by atoms with Crippen molar-refractivity contribution in [2.45, 2.75) is 0 Å². The van der Waals surface area contributed by atoms with Crippen molar-refractivity contribution in [2.24, 2.45) is 0 Å². The van der Waals surface area contributed by atoms with Gasteiger partial charge in [-0.2, -0.15) is 17.0 Å². The molecule has 0 atom stereocenters. The molecule has 0 unspecified atom stereocenters. The van der Waals surface area contributed by atoms with Crippen LogP contribution in [0.1, 0.15) is 10.6 Å². The summed E-state index contributed by atoms with van der Waals surface area (Å²) in [5, 5.41) is 5.50. The lowest BCUT2D eigenvalue weighted by atomic mass is 10.2. The fraction of sp³-hybridized carbons (Fsp3) is 0.400. The van der Waals surface area contributed by atoms with E-state index >= 15 is 0 Å². The summed E-state index contributed by atoms with van der Waals surface area (Å²) in [5.74, 6) is -0.158. The van der Waals surface area contributed by atoms with Crippen LogP contribution in [0.3, 0.4) is 0 Å². The molecule has 0 saturated carbocycles. The van der Waals surface area contributed by atoms with E-state index in [0.29, 0.717) is 50.8 Å². The molecular formula is C20H25N5O6S. The number of hydrogen-bond donors (Lipinski definition) is 2. The number of morpholine rings is 1. The Morgan fingerprint density at radius 1 is 0.812 bits per heavy atom. The van der Waals surface area contributed by atoms with E-state index in [1.54, 1.807) is 41.3 Å². The number of amides is 3. The second kappa shape index (κ2) is 9.69. The second-order valence-corrected chi connectivity index (χ2v) is 9.27. The Kier molecular flexibility index (Phi) is 6.74. The molecule has 3 amide bonds. The number of piperazine rings is 1. The van der Waals surface area contributed by atoms with Crippen LogP contribution in [0.25, 0.3) is 0 Å². The topological polar surface area (TPSA) is 124 Å². The van der Waals surface area contributed by atoms with Crippen molar-refractivity contribution >= 4 is 33.5 Å². The third-order valence-corrected chi connectivity index (χ3v) is 7.32. The highest BCUT2D eigenvalue weighted by atomic mass is 32.2. The van der Waals surface area contributed by atoms with E-state index in [0.717, 1.165) is 0 Å². The van der Waals surface area contributed by atoms with Gasteiger partial charge in [0.1, 0.15) is 0 Å². The zero-order valence-corrected chi connectivity index (χ0v) is 18.2. The maximum Gasteiger partial charge on any atom is 0.321 e. The van der Waals surface area contributed by atoms with Crippen LogP contribution in [0.4, 0.5) is 16.2 Å². The molecule has 2 aromatic rings. The number of nitrogens with zero attached hydrogens (tertiary/aromatic N) is 3. The van der Waals surface area contributed by atoms with E-state index in [1.807, 2.05) is 0 Å². The number of ether oxygens (including phenoxy) is 1. The van der Waals surface area contributed by atoms with Gasteiger partial charge < -0.3 is 24.7 Å². The molecule has 2 aliphatic rings. The largest absolute Gasteiger partial charge is 0.459 e. The first kappa shape index (κ1) is 22.3. The van der Waals surface area contributed by atoms with Crippen LogP contribution < -0.4 is 10.6 Å². The molecular weight excluding hydrogens is 438 g/mol. The molecule has 2 aliphatic heterocycles. The van der Waals surface area contributed by atoms with Gasteiger partial charge in [0.15, 0.2) is 5.76 Å². The Balaban J connectivity index is 1.27. The molecule has 0 radical (unpaired) electrons. The van der Waals surface area contributed by atoms with Crippen LogP contribution in [0.15, 0.2) is 47.1 Å². The van der Waals surface area contributed by atoms with Gasteiger partial charge >= 0.3 is 6.03 Å². The van der Waals surface area contributed by atoms with E-state index in [9.17, 15) is 18.0 Å². The fourth-order valence-corrected chi connectivity index (χ4v) is 5.06. The first-order valence-electron chi connectivity index (χ1n) is 10.3. The van der Waals surface area contributed by atoms with Gasteiger partial charge in [-0.1, -0.05) is 0 Å². The number of urea groups is 1. The van der Waals surface area contributed by atoms with Crippen LogP contribution in [0, 0.1) is 0 Å². The van der Waals surface area contributed by atoms with Gasteiger partial charge in [0.25, 0.3) is 16.1 Å². The molecule has 172 valence electrons. The predicted molar refractivity (Wildman–Crippen MR) is 117 cm³/mol. The molecule has 0 bridgehead atoms. The minimum Gasteiger partial charge on any atom is -0.459 e. The van der Waals surface area contributed by atoms with Crippen LogP contribution in [0.5, 0.6) is 0 Å². The monoisotopic (exact) mass is 463 g/mol. The minimum atomic E-state index is -3.54. The van der Waals surface area contributed by atoms with Gasteiger partial charge in [-0.25, -0.2) is 4.79 Å². The molecule has 2 N–H and O–H groups in total. The molecule has 1 aromatic heterocycles. The first-order chi connectivity index (χ1) is 15.4. The molecule has 1 aromatic carbocycles. The lowest BCUT2D eigenvalue weighted by Crippen LogP contribution is -2.56. The Labute approximate surface area is 186 Å². The average molecular weight is 464 g/mol.